The van der Waals surface area contributed by atoms with E-state index in [0.29, 0.717) is 6.54 Å². The van der Waals surface area contributed by atoms with Crippen molar-refractivity contribution in [2.24, 2.45) is 11.3 Å². The van der Waals surface area contributed by atoms with E-state index in [1.807, 2.05) is 13.0 Å². The van der Waals surface area contributed by atoms with Gasteiger partial charge in [-0.25, -0.2) is 4.98 Å². The molecule has 1 aliphatic heterocycles. The Morgan fingerprint density at radius 1 is 1.63 bits per heavy atom. The lowest BCUT2D eigenvalue weighted by molar-refractivity contribution is -0.149. The number of hydrogen-bond donors (Lipinski definition) is 1. The van der Waals surface area contributed by atoms with Gasteiger partial charge in [0, 0.05) is 23.8 Å². The fraction of sp³-hybridized carbons (Fsp3) is 0.571. The Morgan fingerprint density at radius 2 is 2.42 bits per heavy atom. The van der Waals surface area contributed by atoms with Crippen molar-refractivity contribution in [1.29, 1.82) is 0 Å². The van der Waals surface area contributed by atoms with Crippen LogP contribution in [-0.2, 0) is 4.79 Å². The highest BCUT2D eigenvalue weighted by atomic mass is 79.9. The van der Waals surface area contributed by atoms with Gasteiger partial charge in [-0.1, -0.05) is 6.42 Å². The smallest absolute Gasteiger partial charge is 0.311 e. The monoisotopic (exact) mass is 324 g/mol. The van der Waals surface area contributed by atoms with E-state index >= 15 is 0 Å². The lowest BCUT2D eigenvalue weighted by Crippen LogP contribution is -2.35. The first kappa shape index (κ1) is 12.9. The first-order valence-electron chi connectivity index (χ1n) is 6.63. The van der Waals surface area contributed by atoms with Crippen LogP contribution < -0.4 is 4.90 Å². The van der Waals surface area contributed by atoms with E-state index in [0.717, 1.165) is 41.7 Å². The molecule has 102 valence electrons. The van der Waals surface area contributed by atoms with Crippen molar-refractivity contribution in [3.05, 3.63) is 22.3 Å². The van der Waals surface area contributed by atoms with Crippen molar-refractivity contribution in [3.8, 4) is 0 Å². The lowest BCUT2D eigenvalue weighted by atomic mass is 9.81. The summed E-state index contributed by atoms with van der Waals surface area (Å²) in [6.07, 6.45) is 4.67. The number of nitrogens with zero attached hydrogens (tertiary/aromatic N) is 2. The Labute approximate surface area is 121 Å². The summed E-state index contributed by atoms with van der Waals surface area (Å²) in [6, 6.07) is 2.03. The molecule has 1 aromatic heterocycles. The summed E-state index contributed by atoms with van der Waals surface area (Å²) < 4.78 is 0.989. The number of carboxylic acids is 1. The fourth-order valence-corrected chi connectivity index (χ4v) is 3.73. The molecule has 2 atom stereocenters. The van der Waals surface area contributed by atoms with Crippen LogP contribution in [0.1, 0.15) is 24.8 Å². The van der Waals surface area contributed by atoms with E-state index in [-0.39, 0.29) is 5.92 Å². The van der Waals surface area contributed by atoms with Gasteiger partial charge in [-0.3, -0.25) is 4.79 Å². The minimum absolute atomic E-state index is 0.274. The maximum atomic E-state index is 11.6. The van der Waals surface area contributed by atoms with Crippen molar-refractivity contribution >= 4 is 27.7 Å². The van der Waals surface area contributed by atoms with Gasteiger partial charge in [0.05, 0.1) is 5.41 Å². The molecule has 2 heterocycles. The third kappa shape index (κ3) is 1.95. The van der Waals surface area contributed by atoms with Gasteiger partial charge in [-0.05, 0) is 53.2 Å². The molecule has 1 aliphatic carbocycles. The Balaban J connectivity index is 1.89. The zero-order valence-corrected chi connectivity index (χ0v) is 12.5. The molecule has 1 saturated carbocycles. The number of aryl methyl sites for hydroxylation is 1. The van der Waals surface area contributed by atoms with Crippen LogP contribution in [-0.4, -0.2) is 29.1 Å². The molecular formula is C14H17BrN2O2. The Hall–Kier alpha value is -1.10. The number of anilines is 1. The second kappa shape index (κ2) is 4.47. The maximum Gasteiger partial charge on any atom is 0.311 e. The Bertz CT molecular complexity index is 534. The number of aliphatic carboxylic acids is 1. The van der Waals surface area contributed by atoms with Crippen LogP contribution in [0.4, 0.5) is 5.82 Å². The number of aromatic nitrogens is 1. The summed E-state index contributed by atoms with van der Waals surface area (Å²) in [5, 5.41) is 9.58. The van der Waals surface area contributed by atoms with Gasteiger partial charge in [-0.2, -0.15) is 0 Å². The van der Waals surface area contributed by atoms with E-state index < -0.39 is 11.4 Å². The van der Waals surface area contributed by atoms with Crippen LogP contribution in [0.15, 0.2) is 16.7 Å². The highest BCUT2D eigenvalue weighted by molar-refractivity contribution is 9.10. The average Bonchev–Trinajstić information content (AvgIpc) is 2.89. The molecule has 0 aromatic carbocycles. The molecule has 19 heavy (non-hydrogen) atoms. The zero-order valence-electron chi connectivity index (χ0n) is 10.9. The molecule has 1 saturated heterocycles. The summed E-state index contributed by atoms with van der Waals surface area (Å²) in [6.45, 7) is 3.45. The molecule has 0 spiro atoms. The fourth-order valence-electron chi connectivity index (χ4n) is 3.51. The molecule has 2 fully saturated rings. The largest absolute Gasteiger partial charge is 0.481 e. The SMILES string of the molecule is Cc1cc(N2C[C@@H]3CCC[C@@]3(C(=O)O)C2)ncc1Br. The molecule has 0 radical (unpaired) electrons. The van der Waals surface area contributed by atoms with Crippen molar-refractivity contribution in [2.75, 3.05) is 18.0 Å². The van der Waals surface area contributed by atoms with Gasteiger partial charge >= 0.3 is 5.97 Å². The molecular weight excluding hydrogens is 308 g/mol. The molecule has 0 bridgehead atoms. The number of carbonyl (C=O) groups is 1. The van der Waals surface area contributed by atoms with Crippen LogP contribution in [0.3, 0.4) is 0 Å². The van der Waals surface area contributed by atoms with E-state index in [1.54, 1.807) is 6.20 Å². The topological polar surface area (TPSA) is 53.4 Å². The number of hydrogen-bond acceptors (Lipinski definition) is 3. The normalized spacial score (nSPS) is 29.6. The molecule has 1 aromatic rings. The van der Waals surface area contributed by atoms with Gasteiger partial charge in [0.15, 0.2) is 0 Å². The van der Waals surface area contributed by atoms with Crippen molar-refractivity contribution in [1.82, 2.24) is 4.98 Å². The summed E-state index contributed by atoms with van der Waals surface area (Å²) in [5.41, 5.74) is 0.592. The predicted octanol–water partition coefficient (Wildman–Crippen LogP) is 2.84. The Morgan fingerprint density at radius 3 is 3.05 bits per heavy atom. The number of carboxylic acid groups (broad SMARTS) is 1. The predicted molar refractivity (Wildman–Crippen MR) is 76.3 cm³/mol. The molecule has 4 nitrogen and oxygen atoms in total. The van der Waals surface area contributed by atoms with Crippen LogP contribution in [0.25, 0.3) is 0 Å². The highest BCUT2D eigenvalue weighted by Gasteiger charge is 2.55. The van der Waals surface area contributed by atoms with Gasteiger partial charge in [-0.15, -0.1) is 0 Å². The Kier molecular flexibility index (Phi) is 3.04. The second-order valence-electron chi connectivity index (χ2n) is 5.72. The van der Waals surface area contributed by atoms with Crippen molar-refractivity contribution < 1.29 is 9.90 Å². The third-order valence-electron chi connectivity index (χ3n) is 4.65. The molecule has 0 unspecified atom stereocenters. The first-order chi connectivity index (χ1) is 9.03. The molecule has 1 N–H and O–H groups in total. The van der Waals surface area contributed by atoms with E-state index in [2.05, 4.69) is 25.8 Å². The number of fused-ring (bicyclic) bond motifs is 1. The standard InChI is InChI=1S/C14H17BrN2O2/c1-9-5-12(16-6-11(9)15)17-7-10-3-2-4-14(10,8-17)13(18)19/h5-6,10H,2-4,7-8H2,1H3,(H,18,19)/t10-,14+/m0/s1. The first-order valence-corrected chi connectivity index (χ1v) is 7.43. The molecule has 0 amide bonds. The van der Waals surface area contributed by atoms with Crippen LogP contribution in [0, 0.1) is 18.3 Å². The van der Waals surface area contributed by atoms with E-state index in [4.69, 9.17) is 0 Å². The minimum Gasteiger partial charge on any atom is -0.481 e. The maximum absolute atomic E-state index is 11.6. The van der Waals surface area contributed by atoms with E-state index in [1.165, 1.54) is 0 Å². The highest BCUT2D eigenvalue weighted by Crippen LogP contribution is 2.49. The second-order valence-corrected chi connectivity index (χ2v) is 6.58. The average molecular weight is 325 g/mol. The summed E-state index contributed by atoms with van der Waals surface area (Å²) in [7, 11) is 0. The van der Waals surface area contributed by atoms with Gasteiger partial charge < -0.3 is 10.0 Å². The molecule has 2 aliphatic rings. The summed E-state index contributed by atoms with van der Waals surface area (Å²) in [4.78, 5) is 18.2. The summed E-state index contributed by atoms with van der Waals surface area (Å²) >= 11 is 3.45. The number of pyridine rings is 1. The lowest BCUT2D eigenvalue weighted by Gasteiger charge is -2.23. The minimum atomic E-state index is -0.633. The molecule has 3 rings (SSSR count). The van der Waals surface area contributed by atoms with Crippen LogP contribution in [0.2, 0.25) is 0 Å². The molecule has 5 heteroatoms. The van der Waals surface area contributed by atoms with Crippen molar-refractivity contribution in [2.45, 2.75) is 26.2 Å². The van der Waals surface area contributed by atoms with Crippen LogP contribution >= 0.6 is 15.9 Å². The van der Waals surface area contributed by atoms with Gasteiger partial charge in [0.2, 0.25) is 0 Å². The third-order valence-corrected chi connectivity index (χ3v) is 5.48. The summed E-state index contributed by atoms with van der Waals surface area (Å²) in [5.74, 6) is 0.540. The number of rotatable bonds is 2. The quantitative estimate of drug-likeness (QED) is 0.908. The zero-order chi connectivity index (χ0) is 13.6. The number of halogens is 1. The van der Waals surface area contributed by atoms with Gasteiger partial charge in [0.1, 0.15) is 5.82 Å². The van der Waals surface area contributed by atoms with Crippen LogP contribution in [0.5, 0.6) is 0 Å². The van der Waals surface area contributed by atoms with Gasteiger partial charge in [0.25, 0.3) is 0 Å². The van der Waals surface area contributed by atoms with Crippen molar-refractivity contribution in [3.63, 3.8) is 0 Å². The van der Waals surface area contributed by atoms with E-state index in [9.17, 15) is 9.90 Å².